The number of carbonyl (C=O) groups excluding carboxylic acids is 5. The van der Waals surface area contributed by atoms with Crippen LogP contribution in [0, 0.1) is 5.92 Å². The fraction of sp³-hybridized carbons (Fsp3) is 0.528. The Labute approximate surface area is 299 Å². The number of carbonyl (C=O) groups is 5. The predicted octanol–water partition coefficient (Wildman–Crippen LogP) is 3.50. The Kier molecular flexibility index (Phi) is 18.0. The third-order valence-electron chi connectivity index (χ3n) is 7.01. The van der Waals surface area contributed by atoms with Gasteiger partial charge in [0.25, 0.3) is 0 Å². The first-order valence-corrected chi connectivity index (χ1v) is 16.9. The molecule has 0 saturated heterocycles. The summed E-state index contributed by atoms with van der Waals surface area (Å²) in [6.07, 6.45) is -0.124. The highest BCUT2D eigenvalue weighted by Gasteiger charge is 2.32. The van der Waals surface area contributed by atoms with Gasteiger partial charge in [-0.2, -0.15) is 0 Å². The third kappa shape index (κ3) is 17.9. The molecule has 2 aromatic rings. The molecule has 0 spiro atoms. The van der Waals surface area contributed by atoms with E-state index in [9.17, 15) is 24.0 Å². The Hall–Kier alpha value is -5.14. The zero-order valence-electron chi connectivity index (χ0n) is 30.3. The van der Waals surface area contributed by atoms with Crippen LogP contribution in [0.15, 0.2) is 59.7 Å². The number of esters is 1. The van der Waals surface area contributed by atoms with Crippen LogP contribution in [0.3, 0.4) is 0 Å². The number of ether oxygens (including phenoxy) is 3. The van der Waals surface area contributed by atoms with Crippen LogP contribution < -0.4 is 26.0 Å². The van der Waals surface area contributed by atoms with Gasteiger partial charge in [-0.15, -0.1) is 0 Å². The van der Waals surface area contributed by atoms with E-state index in [0.29, 0.717) is 12.4 Å². The summed E-state index contributed by atoms with van der Waals surface area (Å²) >= 11 is 0. The van der Waals surface area contributed by atoms with Gasteiger partial charge < -0.3 is 35.5 Å². The van der Waals surface area contributed by atoms with E-state index in [1.54, 1.807) is 45.0 Å². The molecule has 0 fully saturated rings. The number of rotatable bonds is 21. The van der Waals surface area contributed by atoms with E-state index in [-0.39, 0.29) is 45.1 Å². The highest BCUT2D eigenvalue weighted by atomic mass is 16.6. The number of hydrogen-bond donors (Lipinski definition) is 4. The molecule has 0 aliphatic heterocycles. The van der Waals surface area contributed by atoms with Gasteiger partial charge in [-0.05, 0) is 61.9 Å². The Bertz CT molecular complexity index is 1470. The highest BCUT2D eigenvalue weighted by molar-refractivity contribution is 5.95. The van der Waals surface area contributed by atoms with Crippen LogP contribution in [-0.4, -0.2) is 79.6 Å². The van der Waals surface area contributed by atoms with Gasteiger partial charge in [-0.1, -0.05) is 61.4 Å². The van der Waals surface area contributed by atoms with E-state index < -0.39 is 59.7 Å². The summed E-state index contributed by atoms with van der Waals surface area (Å²) in [6.45, 7) is 10.9. The second-order valence-electron chi connectivity index (χ2n) is 13.3. The number of benzene rings is 2. The van der Waals surface area contributed by atoms with Crippen LogP contribution in [0.4, 0.5) is 0 Å². The lowest BCUT2D eigenvalue weighted by Gasteiger charge is -2.27. The van der Waals surface area contributed by atoms with Crippen molar-refractivity contribution in [1.82, 2.24) is 21.3 Å². The molecule has 2 aromatic carbocycles. The normalized spacial score (nSPS) is 12.8. The van der Waals surface area contributed by atoms with Crippen molar-refractivity contribution in [2.45, 2.75) is 91.1 Å². The molecule has 0 aliphatic rings. The van der Waals surface area contributed by atoms with E-state index >= 15 is 0 Å². The topological polar surface area (TPSA) is 210 Å². The van der Waals surface area contributed by atoms with E-state index in [0.717, 1.165) is 11.1 Å². The molecule has 0 unspecified atom stereocenters. The molecule has 278 valence electrons. The Morgan fingerprint density at radius 3 is 2.08 bits per heavy atom. The van der Waals surface area contributed by atoms with Gasteiger partial charge in [0.05, 0.1) is 19.6 Å². The van der Waals surface area contributed by atoms with Crippen molar-refractivity contribution >= 4 is 29.6 Å². The molecule has 2 rings (SSSR count). The van der Waals surface area contributed by atoms with E-state index in [1.807, 2.05) is 44.2 Å². The molecular formula is C36H51N7O8. The lowest BCUT2D eigenvalue weighted by molar-refractivity contribution is -0.156. The predicted molar refractivity (Wildman–Crippen MR) is 190 cm³/mol. The summed E-state index contributed by atoms with van der Waals surface area (Å²) in [6, 6.07) is 13.4. The molecule has 51 heavy (non-hydrogen) atoms. The van der Waals surface area contributed by atoms with Crippen molar-refractivity contribution in [1.29, 1.82) is 0 Å². The van der Waals surface area contributed by atoms with Gasteiger partial charge in [0.1, 0.15) is 36.1 Å². The number of amides is 4. The fourth-order valence-electron chi connectivity index (χ4n) is 4.78. The highest BCUT2D eigenvalue weighted by Crippen LogP contribution is 2.16. The number of nitrogens with one attached hydrogen (secondary N) is 4. The Balaban J connectivity index is 2.15. The molecule has 0 bridgehead atoms. The summed E-state index contributed by atoms with van der Waals surface area (Å²) in [7, 11) is 0. The molecule has 0 aliphatic carbocycles. The van der Waals surface area contributed by atoms with Crippen LogP contribution in [0.2, 0.25) is 0 Å². The number of hydrogen-bond acceptors (Lipinski definition) is 9. The largest absolute Gasteiger partial charge is 0.489 e. The van der Waals surface area contributed by atoms with Crippen LogP contribution in [0.1, 0.15) is 65.5 Å². The molecule has 15 nitrogen and oxygen atoms in total. The summed E-state index contributed by atoms with van der Waals surface area (Å²) < 4.78 is 16.5. The van der Waals surface area contributed by atoms with Gasteiger partial charge in [0.15, 0.2) is 0 Å². The minimum absolute atomic E-state index is 0.0515. The first kappa shape index (κ1) is 42.0. The maximum Gasteiger partial charge on any atom is 0.308 e. The van der Waals surface area contributed by atoms with Crippen LogP contribution in [0.5, 0.6) is 5.75 Å². The van der Waals surface area contributed by atoms with Crippen LogP contribution in [-0.2, 0) is 46.5 Å². The minimum Gasteiger partial charge on any atom is -0.489 e. The number of nitrogens with zero attached hydrogens (tertiary/aromatic N) is 3. The molecular weight excluding hydrogens is 658 g/mol. The van der Waals surface area contributed by atoms with Gasteiger partial charge in [0, 0.05) is 31.3 Å². The van der Waals surface area contributed by atoms with Gasteiger partial charge in [0.2, 0.25) is 23.6 Å². The molecule has 15 heteroatoms. The van der Waals surface area contributed by atoms with Gasteiger partial charge in [-0.25, -0.2) is 0 Å². The maximum absolute atomic E-state index is 13.7. The monoisotopic (exact) mass is 709 g/mol. The quantitative estimate of drug-likeness (QED) is 0.0494. The Morgan fingerprint density at radius 1 is 0.824 bits per heavy atom. The molecule has 0 heterocycles. The van der Waals surface area contributed by atoms with E-state index in [2.05, 4.69) is 31.3 Å². The van der Waals surface area contributed by atoms with Crippen LogP contribution in [0.25, 0.3) is 10.4 Å². The molecule has 3 atom stereocenters. The summed E-state index contributed by atoms with van der Waals surface area (Å²) in [5.41, 5.74) is 9.29. The average molecular weight is 710 g/mol. The van der Waals surface area contributed by atoms with E-state index in [4.69, 9.17) is 19.7 Å². The first-order valence-electron chi connectivity index (χ1n) is 16.9. The lowest BCUT2D eigenvalue weighted by atomic mass is 10.0. The molecule has 4 amide bonds. The fourth-order valence-corrected chi connectivity index (χ4v) is 4.78. The minimum atomic E-state index is -1.32. The van der Waals surface area contributed by atoms with Crippen LogP contribution >= 0.6 is 0 Å². The first-order chi connectivity index (χ1) is 24.2. The van der Waals surface area contributed by atoms with Crippen molar-refractivity contribution in [3.05, 3.63) is 76.2 Å². The Morgan fingerprint density at radius 2 is 1.47 bits per heavy atom. The van der Waals surface area contributed by atoms with E-state index in [1.165, 1.54) is 6.92 Å². The van der Waals surface area contributed by atoms with Crippen molar-refractivity contribution in [2.75, 3.05) is 26.3 Å². The summed E-state index contributed by atoms with van der Waals surface area (Å²) in [5.74, 6) is -2.49. The molecule has 0 saturated carbocycles. The van der Waals surface area contributed by atoms with Crippen molar-refractivity contribution in [2.24, 2.45) is 11.0 Å². The zero-order chi connectivity index (χ0) is 37.8. The molecule has 0 radical (unpaired) electrons. The van der Waals surface area contributed by atoms with Gasteiger partial charge in [-0.3, -0.25) is 24.0 Å². The zero-order valence-corrected chi connectivity index (χ0v) is 30.3. The molecule has 0 aromatic heterocycles. The van der Waals surface area contributed by atoms with Crippen molar-refractivity contribution < 1.29 is 38.2 Å². The average Bonchev–Trinajstić information content (AvgIpc) is 3.05. The smallest absolute Gasteiger partial charge is 0.308 e. The summed E-state index contributed by atoms with van der Waals surface area (Å²) in [5, 5.41) is 14.0. The van der Waals surface area contributed by atoms with Crippen molar-refractivity contribution in [3.63, 3.8) is 0 Å². The second-order valence-corrected chi connectivity index (χ2v) is 13.3. The summed E-state index contributed by atoms with van der Waals surface area (Å²) in [4.78, 5) is 67.9. The van der Waals surface area contributed by atoms with Crippen molar-refractivity contribution in [3.8, 4) is 5.75 Å². The number of azide groups is 1. The standard InChI is InChI=1S/C36H51N7O8/c1-24(2)20-29(34(47)42-31(22-32(45)51-36(4,5)6)33(46)38-16-18-49-19-17-39-43-37)41-35(48)30(40-25(3)44)21-26-12-14-28(15-13-26)50-23-27-10-8-7-9-11-27/h7-15,24,29-31H,16-23H2,1-6H3,(H,38,46)(H,40,44)(H,41,48)(H,42,47)/t29-,30+,31+/m1/s1. The van der Waals surface area contributed by atoms with Gasteiger partial charge >= 0.3 is 5.97 Å². The maximum atomic E-state index is 13.7. The molecule has 4 N–H and O–H groups in total. The third-order valence-corrected chi connectivity index (χ3v) is 7.01. The lowest BCUT2D eigenvalue weighted by Crippen LogP contribution is -2.57. The SMILES string of the molecule is CC(=O)N[C@@H](Cc1ccc(OCc2ccccc2)cc1)C(=O)N[C@H](CC(C)C)C(=O)N[C@@H](CC(=O)OC(C)(C)C)C(=O)NCCOCCN=[N+]=[N-]. The second kappa shape index (κ2) is 21.8.